The van der Waals surface area contributed by atoms with Crippen molar-refractivity contribution in [3.63, 3.8) is 0 Å². The Morgan fingerprint density at radius 2 is 1.77 bits per heavy atom. The highest BCUT2D eigenvalue weighted by molar-refractivity contribution is 9.10. The number of hydrogen-bond donors (Lipinski definition) is 1. The van der Waals surface area contributed by atoms with Crippen molar-refractivity contribution in [2.45, 2.75) is 6.61 Å². The highest BCUT2D eigenvalue weighted by atomic mass is 79.9. The molecule has 4 rings (SSSR count). The summed E-state index contributed by atoms with van der Waals surface area (Å²) in [7, 11) is 1.59. The van der Waals surface area contributed by atoms with E-state index in [1.165, 1.54) is 6.33 Å². The Morgan fingerprint density at radius 1 is 0.967 bits per heavy atom. The van der Waals surface area contributed by atoms with Gasteiger partial charge in [-0.1, -0.05) is 45.2 Å². The fraction of sp³-hybridized carbons (Fsp3) is 0.0909. The predicted octanol–water partition coefficient (Wildman–Crippen LogP) is 7.03. The first-order chi connectivity index (χ1) is 14.5. The van der Waals surface area contributed by atoms with Crippen LogP contribution in [-0.2, 0) is 6.61 Å². The van der Waals surface area contributed by atoms with Crippen LogP contribution in [0.3, 0.4) is 0 Å². The minimum atomic E-state index is 0.228. The van der Waals surface area contributed by atoms with E-state index in [-0.39, 0.29) is 6.61 Å². The third kappa shape index (κ3) is 4.46. The van der Waals surface area contributed by atoms with Gasteiger partial charge in [-0.3, -0.25) is 0 Å². The zero-order valence-corrected chi connectivity index (χ0v) is 18.9. The van der Waals surface area contributed by atoms with Crippen LogP contribution < -0.4 is 14.8 Å². The van der Waals surface area contributed by atoms with Gasteiger partial charge in [0.05, 0.1) is 12.6 Å². The molecule has 0 saturated heterocycles. The smallest absolute Gasteiger partial charge is 0.162 e. The molecule has 0 bridgehead atoms. The van der Waals surface area contributed by atoms with Crippen molar-refractivity contribution in [2.75, 3.05) is 12.4 Å². The molecule has 0 atom stereocenters. The first kappa shape index (κ1) is 20.7. The molecule has 30 heavy (non-hydrogen) atoms. The van der Waals surface area contributed by atoms with Crippen molar-refractivity contribution in [2.24, 2.45) is 0 Å². The number of benzene rings is 3. The van der Waals surface area contributed by atoms with E-state index in [0.717, 1.165) is 26.6 Å². The molecule has 1 N–H and O–H groups in total. The number of methoxy groups -OCH3 is 1. The predicted molar refractivity (Wildman–Crippen MR) is 124 cm³/mol. The van der Waals surface area contributed by atoms with Gasteiger partial charge < -0.3 is 14.8 Å². The van der Waals surface area contributed by atoms with Crippen LogP contribution in [0.15, 0.2) is 65.4 Å². The van der Waals surface area contributed by atoms with E-state index in [0.29, 0.717) is 27.4 Å². The molecule has 8 heteroatoms. The Balaban J connectivity index is 1.58. The Bertz CT molecular complexity index is 1200. The number of hydrogen-bond acceptors (Lipinski definition) is 5. The molecule has 0 fully saturated rings. The number of fused-ring (bicyclic) bond motifs is 1. The lowest BCUT2D eigenvalue weighted by molar-refractivity contribution is 0.285. The number of halogens is 3. The Kier molecular flexibility index (Phi) is 6.27. The maximum Gasteiger partial charge on any atom is 0.162 e. The van der Waals surface area contributed by atoms with Crippen LogP contribution in [0.4, 0.5) is 11.5 Å². The monoisotopic (exact) mass is 503 g/mol. The molecular formula is C22H16BrCl2N3O2. The second-order valence-corrected chi connectivity index (χ2v) is 8.09. The Hall–Kier alpha value is -2.54. The highest BCUT2D eigenvalue weighted by Gasteiger charge is 2.11. The lowest BCUT2D eigenvalue weighted by Crippen LogP contribution is -2.01. The van der Waals surface area contributed by atoms with E-state index < -0.39 is 0 Å². The van der Waals surface area contributed by atoms with Gasteiger partial charge in [0.15, 0.2) is 11.5 Å². The summed E-state index contributed by atoms with van der Waals surface area (Å²) < 4.78 is 12.4. The SMILES string of the molecule is COc1cc(Nc2ncnc3ccc(Br)cc23)ccc1OCc1c(Cl)cccc1Cl. The summed E-state index contributed by atoms with van der Waals surface area (Å²) in [6.07, 6.45) is 1.53. The molecule has 0 unspecified atom stereocenters. The second kappa shape index (κ2) is 9.08. The number of nitrogens with one attached hydrogen (secondary N) is 1. The van der Waals surface area contributed by atoms with Gasteiger partial charge in [0, 0.05) is 37.2 Å². The molecule has 4 aromatic rings. The van der Waals surface area contributed by atoms with E-state index in [4.69, 9.17) is 32.7 Å². The summed E-state index contributed by atoms with van der Waals surface area (Å²) in [5.41, 5.74) is 2.37. The summed E-state index contributed by atoms with van der Waals surface area (Å²) in [6, 6.07) is 16.8. The molecule has 0 radical (unpaired) electrons. The van der Waals surface area contributed by atoms with Crippen LogP contribution in [0, 0.1) is 0 Å². The summed E-state index contributed by atoms with van der Waals surface area (Å²) in [4.78, 5) is 8.67. The topological polar surface area (TPSA) is 56.3 Å². The van der Waals surface area contributed by atoms with Crippen molar-refractivity contribution in [1.82, 2.24) is 9.97 Å². The Labute approximate surface area is 192 Å². The largest absolute Gasteiger partial charge is 0.493 e. The van der Waals surface area contributed by atoms with Gasteiger partial charge in [-0.15, -0.1) is 0 Å². The van der Waals surface area contributed by atoms with E-state index in [1.807, 2.05) is 36.4 Å². The maximum atomic E-state index is 6.22. The van der Waals surface area contributed by atoms with Crippen molar-refractivity contribution >= 4 is 61.5 Å². The van der Waals surface area contributed by atoms with Crippen LogP contribution in [0.2, 0.25) is 10.0 Å². The average molecular weight is 505 g/mol. The first-order valence-electron chi connectivity index (χ1n) is 8.96. The van der Waals surface area contributed by atoms with Gasteiger partial charge in [-0.2, -0.15) is 0 Å². The van der Waals surface area contributed by atoms with Crippen molar-refractivity contribution in [3.05, 3.63) is 81.0 Å². The summed E-state index contributed by atoms with van der Waals surface area (Å²) in [5, 5.41) is 5.33. The maximum absolute atomic E-state index is 6.22. The summed E-state index contributed by atoms with van der Waals surface area (Å²) >= 11 is 15.9. The molecule has 0 amide bonds. The highest BCUT2D eigenvalue weighted by Crippen LogP contribution is 2.34. The summed E-state index contributed by atoms with van der Waals surface area (Å²) in [5.74, 6) is 1.84. The number of rotatable bonds is 6. The molecule has 0 spiro atoms. The van der Waals surface area contributed by atoms with Crippen LogP contribution >= 0.6 is 39.1 Å². The molecule has 0 aliphatic rings. The molecule has 152 valence electrons. The third-order valence-corrected chi connectivity index (χ3v) is 5.66. The van der Waals surface area contributed by atoms with Gasteiger partial charge in [0.1, 0.15) is 18.8 Å². The molecule has 0 aliphatic heterocycles. The number of ether oxygens (including phenoxy) is 2. The quantitative estimate of drug-likeness (QED) is 0.305. The molecule has 3 aromatic carbocycles. The minimum Gasteiger partial charge on any atom is -0.493 e. The fourth-order valence-electron chi connectivity index (χ4n) is 2.95. The first-order valence-corrected chi connectivity index (χ1v) is 10.5. The number of aromatic nitrogens is 2. The Morgan fingerprint density at radius 3 is 2.53 bits per heavy atom. The van der Waals surface area contributed by atoms with E-state index >= 15 is 0 Å². The van der Waals surface area contributed by atoms with Crippen molar-refractivity contribution in [1.29, 1.82) is 0 Å². The average Bonchev–Trinajstić information content (AvgIpc) is 2.74. The number of nitrogens with zero attached hydrogens (tertiary/aromatic N) is 2. The molecule has 0 saturated carbocycles. The standard InChI is InChI=1S/C22H16BrCl2N3O2/c1-29-21-10-14(28-22-15-9-13(23)5-7-19(15)26-12-27-22)6-8-20(21)30-11-16-17(24)3-2-4-18(16)25/h2-10,12H,11H2,1H3,(H,26,27,28). The second-order valence-electron chi connectivity index (χ2n) is 6.36. The van der Waals surface area contributed by atoms with Gasteiger partial charge >= 0.3 is 0 Å². The number of anilines is 2. The molecule has 1 aromatic heterocycles. The summed E-state index contributed by atoms with van der Waals surface area (Å²) in [6.45, 7) is 0.228. The molecular weight excluding hydrogens is 489 g/mol. The van der Waals surface area contributed by atoms with Crippen molar-refractivity contribution in [3.8, 4) is 11.5 Å². The van der Waals surface area contributed by atoms with E-state index in [9.17, 15) is 0 Å². The fourth-order valence-corrected chi connectivity index (χ4v) is 3.82. The van der Waals surface area contributed by atoms with Crippen LogP contribution in [-0.4, -0.2) is 17.1 Å². The normalized spacial score (nSPS) is 10.8. The van der Waals surface area contributed by atoms with E-state index in [2.05, 4.69) is 31.2 Å². The van der Waals surface area contributed by atoms with Gasteiger partial charge in [-0.05, 0) is 42.5 Å². The molecule has 5 nitrogen and oxygen atoms in total. The lowest BCUT2D eigenvalue weighted by atomic mass is 10.2. The van der Waals surface area contributed by atoms with Gasteiger partial charge in [0.25, 0.3) is 0 Å². The van der Waals surface area contributed by atoms with Gasteiger partial charge in [0.2, 0.25) is 0 Å². The zero-order valence-electron chi connectivity index (χ0n) is 15.8. The molecule has 1 heterocycles. The van der Waals surface area contributed by atoms with Gasteiger partial charge in [-0.25, -0.2) is 9.97 Å². The van der Waals surface area contributed by atoms with Crippen LogP contribution in [0.25, 0.3) is 10.9 Å². The van der Waals surface area contributed by atoms with Crippen molar-refractivity contribution < 1.29 is 9.47 Å². The lowest BCUT2D eigenvalue weighted by Gasteiger charge is -2.14. The van der Waals surface area contributed by atoms with E-state index in [1.54, 1.807) is 25.3 Å². The van der Waals surface area contributed by atoms with Crippen LogP contribution in [0.5, 0.6) is 11.5 Å². The zero-order chi connectivity index (χ0) is 21.1. The van der Waals surface area contributed by atoms with Crippen LogP contribution in [0.1, 0.15) is 5.56 Å². The third-order valence-electron chi connectivity index (χ3n) is 4.46. The minimum absolute atomic E-state index is 0.228. The molecule has 0 aliphatic carbocycles.